The molecule has 0 aliphatic carbocycles. The first-order valence-electron chi connectivity index (χ1n) is 6.76. The molecular weight excluding hydrogens is 268 g/mol. The number of nitrogens with zero attached hydrogens (tertiary/aromatic N) is 1. The number of nitrogen functional groups attached to an aromatic ring is 1. The van der Waals surface area contributed by atoms with Gasteiger partial charge in [-0.15, -0.1) is 11.3 Å². The van der Waals surface area contributed by atoms with Crippen LogP contribution in [0, 0.1) is 6.92 Å². The standard InChI is InChI=1S/C16H18N2OS/c1-10-3-5-11(6-4-10)15(19)14-12-7-8-18(2)9-13(12)20-16(14)17/h3-6H,7-9,17H2,1-2H3. The van der Waals surface area contributed by atoms with Gasteiger partial charge in [-0.25, -0.2) is 0 Å². The third-order valence-electron chi connectivity index (χ3n) is 3.82. The Morgan fingerprint density at radius 1 is 1.30 bits per heavy atom. The number of likely N-dealkylation sites (N-methyl/N-ethyl adjacent to an activating group) is 1. The molecule has 2 heterocycles. The van der Waals surface area contributed by atoms with E-state index in [0.717, 1.165) is 41.8 Å². The number of anilines is 1. The lowest BCUT2D eigenvalue weighted by atomic mass is 9.96. The van der Waals surface area contributed by atoms with E-state index in [1.165, 1.54) is 4.88 Å². The maximum Gasteiger partial charge on any atom is 0.196 e. The topological polar surface area (TPSA) is 46.3 Å². The molecule has 1 aromatic heterocycles. The first kappa shape index (κ1) is 13.3. The smallest absolute Gasteiger partial charge is 0.196 e. The van der Waals surface area contributed by atoms with Crippen LogP contribution in [0.25, 0.3) is 0 Å². The van der Waals surface area contributed by atoms with Crippen molar-refractivity contribution in [2.24, 2.45) is 0 Å². The zero-order valence-corrected chi connectivity index (χ0v) is 12.6. The van der Waals surface area contributed by atoms with E-state index in [-0.39, 0.29) is 5.78 Å². The van der Waals surface area contributed by atoms with Crippen LogP contribution in [0.1, 0.15) is 31.9 Å². The van der Waals surface area contributed by atoms with Crippen LogP contribution in [-0.2, 0) is 13.0 Å². The summed E-state index contributed by atoms with van der Waals surface area (Å²) in [5.41, 5.74) is 9.89. The molecule has 0 radical (unpaired) electrons. The maximum absolute atomic E-state index is 12.7. The lowest BCUT2D eigenvalue weighted by Gasteiger charge is -2.22. The van der Waals surface area contributed by atoms with Crippen molar-refractivity contribution in [2.75, 3.05) is 19.3 Å². The molecule has 3 rings (SSSR count). The van der Waals surface area contributed by atoms with Gasteiger partial charge in [0.15, 0.2) is 5.78 Å². The number of aryl methyl sites for hydroxylation is 1. The largest absolute Gasteiger partial charge is 0.390 e. The average Bonchev–Trinajstić information content (AvgIpc) is 2.73. The minimum absolute atomic E-state index is 0.0598. The summed E-state index contributed by atoms with van der Waals surface area (Å²) in [6, 6.07) is 7.71. The zero-order chi connectivity index (χ0) is 14.3. The van der Waals surface area contributed by atoms with Gasteiger partial charge in [0, 0.05) is 23.5 Å². The van der Waals surface area contributed by atoms with Crippen LogP contribution in [0.5, 0.6) is 0 Å². The summed E-state index contributed by atoms with van der Waals surface area (Å²) in [6.45, 7) is 3.90. The lowest BCUT2D eigenvalue weighted by molar-refractivity contribution is 0.103. The highest BCUT2D eigenvalue weighted by Gasteiger charge is 2.26. The molecule has 0 bridgehead atoms. The number of nitrogens with two attached hydrogens (primary N) is 1. The number of thiophene rings is 1. The van der Waals surface area contributed by atoms with Crippen molar-refractivity contribution in [3.8, 4) is 0 Å². The Kier molecular flexibility index (Phi) is 3.36. The highest BCUT2D eigenvalue weighted by atomic mass is 32.1. The molecule has 0 saturated carbocycles. The van der Waals surface area contributed by atoms with E-state index >= 15 is 0 Å². The van der Waals surface area contributed by atoms with Gasteiger partial charge < -0.3 is 10.6 Å². The lowest BCUT2D eigenvalue weighted by Crippen LogP contribution is -2.26. The second-order valence-electron chi connectivity index (χ2n) is 5.43. The number of rotatable bonds is 2. The number of fused-ring (bicyclic) bond motifs is 1. The highest BCUT2D eigenvalue weighted by molar-refractivity contribution is 7.16. The minimum Gasteiger partial charge on any atom is -0.390 e. The number of hydrogen-bond donors (Lipinski definition) is 1. The van der Waals surface area contributed by atoms with E-state index in [1.54, 1.807) is 11.3 Å². The van der Waals surface area contributed by atoms with Crippen molar-refractivity contribution in [3.05, 3.63) is 51.4 Å². The fraction of sp³-hybridized carbons (Fsp3) is 0.312. The van der Waals surface area contributed by atoms with Gasteiger partial charge in [-0.3, -0.25) is 4.79 Å². The Labute approximate surface area is 123 Å². The summed E-state index contributed by atoms with van der Waals surface area (Å²) in [5, 5.41) is 0.663. The zero-order valence-electron chi connectivity index (χ0n) is 11.8. The van der Waals surface area contributed by atoms with Crippen molar-refractivity contribution in [3.63, 3.8) is 0 Å². The molecule has 0 fully saturated rings. The Balaban J connectivity index is 2.02. The molecule has 4 heteroatoms. The monoisotopic (exact) mass is 286 g/mol. The predicted molar refractivity (Wildman–Crippen MR) is 83.4 cm³/mol. The van der Waals surface area contributed by atoms with Crippen LogP contribution in [0.4, 0.5) is 5.00 Å². The fourth-order valence-electron chi connectivity index (χ4n) is 2.65. The van der Waals surface area contributed by atoms with E-state index in [1.807, 2.05) is 31.2 Å². The van der Waals surface area contributed by atoms with Gasteiger partial charge in [-0.1, -0.05) is 29.8 Å². The second kappa shape index (κ2) is 5.04. The van der Waals surface area contributed by atoms with Gasteiger partial charge in [0.25, 0.3) is 0 Å². The normalized spacial score (nSPS) is 15.1. The average molecular weight is 286 g/mol. The quantitative estimate of drug-likeness (QED) is 0.864. The van der Waals surface area contributed by atoms with Gasteiger partial charge in [-0.05, 0) is 26.0 Å². The molecule has 20 heavy (non-hydrogen) atoms. The molecule has 0 atom stereocenters. The first-order valence-corrected chi connectivity index (χ1v) is 7.58. The number of ketones is 1. The van der Waals surface area contributed by atoms with Crippen molar-refractivity contribution < 1.29 is 4.79 Å². The van der Waals surface area contributed by atoms with Crippen LogP contribution in [0.15, 0.2) is 24.3 Å². The Morgan fingerprint density at radius 2 is 2.00 bits per heavy atom. The van der Waals surface area contributed by atoms with Gasteiger partial charge >= 0.3 is 0 Å². The van der Waals surface area contributed by atoms with Gasteiger partial charge in [0.05, 0.1) is 10.6 Å². The van der Waals surface area contributed by atoms with Crippen LogP contribution in [-0.4, -0.2) is 24.3 Å². The molecule has 0 amide bonds. The van der Waals surface area contributed by atoms with Crippen LogP contribution in [0.2, 0.25) is 0 Å². The number of carbonyl (C=O) groups is 1. The number of hydrogen-bond acceptors (Lipinski definition) is 4. The van der Waals surface area contributed by atoms with E-state index in [9.17, 15) is 4.79 Å². The highest BCUT2D eigenvalue weighted by Crippen LogP contribution is 2.36. The Bertz CT molecular complexity index is 658. The molecule has 2 aromatic rings. The molecule has 1 aliphatic rings. The van der Waals surface area contributed by atoms with Crippen molar-refractivity contribution >= 4 is 22.1 Å². The van der Waals surface area contributed by atoms with Crippen molar-refractivity contribution in [1.82, 2.24) is 4.90 Å². The molecule has 104 valence electrons. The van der Waals surface area contributed by atoms with E-state index in [0.29, 0.717) is 5.00 Å². The molecule has 3 nitrogen and oxygen atoms in total. The predicted octanol–water partition coefficient (Wildman–Crippen LogP) is 2.86. The van der Waals surface area contributed by atoms with Crippen molar-refractivity contribution in [2.45, 2.75) is 19.9 Å². The first-order chi connectivity index (χ1) is 9.56. The van der Waals surface area contributed by atoms with Crippen molar-refractivity contribution in [1.29, 1.82) is 0 Å². The van der Waals surface area contributed by atoms with Crippen LogP contribution >= 0.6 is 11.3 Å². The molecule has 0 unspecified atom stereocenters. The van der Waals surface area contributed by atoms with Crippen LogP contribution < -0.4 is 5.73 Å². The summed E-state index contributed by atoms with van der Waals surface area (Å²) >= 11 is 1.56. The molecule has 1 aromatic carbocycles. The second-order valence-corrected chi connectivity index (χ2v) is 6.56. The third-order valence-corrected chi connectivity index (χ3v) is 4.86. The summed E-state index contributed by atoms with van der Waals surface area (Å²) in [4.78, 5) is 16.2. The molecule has 0 saturated heterocycles. The minimum atomic E-state index is 0.0598. The summed E-state index contributed by atoms with van der Waals surface area (Å²) in [5.74, 6) is 0.0598. The fourth-order valence-corrected chi connectivity index (χ4v) is 3.85. The maximum atomic E-state index is 12.7. The number of benzene rings is 1. The molecular formula is C16H18N2OS. The Morgan fingerprint density at radius 3 is 2.70 bits per heavy atom. The van der Waals surface area contributed by atoms with E-state index in [4.69, 9.17) is 5.73 Å². The number of carbonyl (C=O) groups excluding carboxylic acids is 1. The Hall–Kier alpha value is -1.65. The van der Waals surface area contributed by atoms with Gasteiger partial charge in [0.1, 0.15) is 0 Å². The molecule has 0 spiro atoms. The van der Waals surface area contributed by atoms with E-state index < -0.39 is 0 Å². The van der Waals surface area contributed by atoms with Gasteiger partial charge in [-0.2, -0.15) is 0 Å². The summed E-state index contributed by atoms with van der Waals surface area (Å²) in [6.07, 6.45) is 0.909. The summed E-state index contributed by atoms with van der Waals surface area (Å²) in [7, 11) is 2.10. The summed E-state index contributed by atoms with van der Waals surface area (Å²) < 4.78 is 0. The van der Waals surface area contributed by atoms with E-state index in [2.05, 4.69) is 11.9 Å². The SMILES string of the molecule is Cc1ccc(C(=O)c2c(N)sc3c2CCN(C)C3)cc1. The third kappa shape index (κ3) is 2.25. The van der Waals surface area contributed by atoms with Crippen LogP contribution in [0.3, 0.4) is 0 Å². The molecule has 2 N–H and O–H groups in total. The van der Waals surface area contributed by atoms with Gasteiger partial charge in [0.2, 0.25) is 0 Å². The molecule has 1 aliphatic heterocycles.